The topological polar surface area (TPSA) is 61.8 Å². The molecule has 2 aliphatic rings. The first-order valence-electron chi connectivity index (χ1n) is 11.8. The molecule has 0 aliphatic carbocycles. The van der Waals surface area contributed by atoms with Gasteiger partial charge in [-0.15, -0.1) is 0 Å². The Labute approximate surface area is 186 Å². The molecule has 6 heteroatoms. The summed E-state index contributed by atoms with van der Waals surface area (Å²) < 4.78 is 5.60. The predicted molar refractivity (Wildman–Crippen MR) is 127 cm³/mol. The van der Waals surface area contributed by atoms with Gasteiger partial charge in [-0.05, 0) is 61.1 Å². The molecule has 0 unspecified atom stereocenters. The van der Waals surface area contributed by atoms with Gasteiger partial charge in [0.1, 0.15) is 11.6 Å². The van der Waals surface area contributed by atoms with Gasteiger partial charge in [0.05, 0.1) is 13.2 Å². The van der Waals surface area contributed by atoms with E-state index in [0.29, 0.717) is 6.54 Å². The smallest absolute Gasteiger partial charge is 0.191 e. The Morgan fingerprint density at radius 3 is 2.77 bits per heavy atom. The maximum absolute atomic E-state index is 5.60. The number of nitrogens with zero attached hydrogens (tertiary/aromatic N) is 3. The molecular formula is C25H35N5O. The Hall–Kier alpha value is -2.76. The van der Waals surface area contributed by atoms with Gasteiger partial charge in [-0.3, -0.25) is 0 Å². The Kier molecular flexibility index (Phi) is 7.64. The molecule has 0 amide bonds. The molecule has 6 nitrogen and oxygen atoms in total. The van der Waals surface area contributed by atoms with Crippen LogP contribution in [0.2, 0.25) is 0 Å². The summed E-state index contributed by atoms with van der Waals surface area (Å²) in [4.78, 5) is 11.8. The monoisotopic (exact) mass is 421 g/mol. The summed E-state index contributed by atoms with van der Waals surface area (Å²) in [6.45, 7) is 7.47. The highest BCUT2D eigenvalue weighted by molar-refractivity contribution is 5.79. The van der Waals surface area contributed by atoms with E-state index in [1.807, 2.05) is 6.20 Å². The molecule has 0 bridgehead atoms. The number of benzene rings is 1. The van der Waals surface area contributed by atoms with Crippen LogP contribution < -0.4 is 20.3 Å². The van der Waals surface area contributed by atoms with E-state index in [0.717, 1.165) is 63.2 Å². The molecule has 1 aromatic heterocycles. The van der Waals surface area contributed by atoms with Crippen molar-refractivity contribution in [3.63, 3.8) is 0 Å². The van der Waals surface area contributed by atoms with Gasteiger partial charge in [0, 0.05) is 38.8 Å². The molecule has 1 saturated heterocycles. The van der Waals surface area contributed by atoms with Crippen molar-refractivity contribution in [1.82, 2.24) is 15.6 Å². The molecule has 0 spiro atoms. The maximum Gasteiger partial charge on any atom is 0.191 e. The summed E-state index contributed by atoms with van der Waals surface area (Å²) in [7, 11) is 0. The number of anilines is 1. The molecule has 1 aromatic carbocycles. The van der Waals surface area contributed by atoms with E-state index < -0.39 is 0 Å². The molecule has 2 N–H and O–H groups in total. The minimum atomic E-state index is 0.648. The van der Waals surface area contributed by atoms with Crippen LogP contribution in [0.5, 0.6) is 5.75 Å². The number of guanidine groups is 1. The van der Waals surface area contributed by atoms with Crippen LogP contribution in [-0.2, 0) is 19.4 Å². The Balaban J connectivity index is 1.32. The second kappa shape index (κ2) is 11.0. The Morgan fingerprint density at radius 1 is 1.06 bits per heavy atom. The molecule has 166 valence electrons. The van der Waals surface area contributed by atoms with E-state index in [4.69, 9.17) is 9.73 Å². The maximum atomic E-state index is 5.60. The van der Waals surface area contributed by atoms with Crippen molar-refractivity contribution >= 4 is 11.8 Å². The summed E-state index contributed by atoms with van der Waals surface area (Å²) in [5.74, 6) is 3.00. The lowest BCUT2D eigenvalue weighted by molar-refractivity contribution is 0.357. The predicted octanol–water partition coefficient (Wildman–Crippen LogP) is 3.69. The highest BCUT2D eigenvalue weighted by Crippen LogP contribution is 2.25. The normalized spacial score (nSPS) is 16.4. The standard InChI is InChI=1S/C25H35N5O/c1-2-26-25(28-13-9-20-7-8-23-22(17-20)11-16-31-23)29-19-21-10-12-27-24(18-21)30-14-5-3-4-6-15-30/h7-8,10,12,17-18H,2-6,9,11,13-16,19H2,1H3,(H2,26,28,29). The molecule has 2 aliphatic heterocycles. The highest BCUT2D eigenvalue weighted by Gasteiger charge is 2.12. The van der Waals surface area contributed by atoms with Gasteiger partial charge < -0.3 is 20.3 Å². The fourth-order valence-corrected chi connectivity index (χ4v) is 4.26. The minimum Gasteiger partial charge on any atom is -0.493 e. The second-order valence-electron chi connectivity index (χ2n) is 8.34. The van der Waals surface area contributed by atoms with Crippen molar-refractivity contribution in [1.29, 1.82) is 0 Å². The lowest BCUT2D eigenvalue weighted by atomic mass is 10.1. The third-order valence-electron chi connectivity index (χ3n) is 5.96. The molecule has 31 heavy (non-hydrogen) atoms. The lowest BCUT2D eigenvalue weighted by Crippen LogP contribution is -2.38. The van der Waals surface area contributed by atoms with E-state index >= 15 is 0 Å². The Morgan fingerprint density at radius 2 is 1.94 bits per heavy atom. The second-order valence-corrected chi connectivity index (χ2v) is 8.34. The number of rotatable bonds is 7. The number of fused-ring (bicyclic) bond motifs is 1. The molecular weight excluding hydrogens is 386 g/mol. The zero-order chi connectivity index (χ0) is 21.3. The van der Waals surface area contributed by atoms with Crippen molar-refractivity contribution in [2.24, 2.45) is 4.99 Å². The summed E-state index contributed by atoms with van der Waals surface area (Å²) in [5, 5.41) is 6.83. The fourth-order valence-electron chi connectivity index (χ4n) is 4.26. The minimum absolute atomic E-state index is 0.648. The zero-order valence-corrected chi connectivity index (χ0v) is 18.7. The number of aliphatic imine (C=N–C) groups is 1. The quantitative estimate of drug-likeness (QED) is 0.527. The van der Waals surface area contributed by atoms with E-state index in [-0.39, 0.29) is 0 Å². The summed E-state index contributed by atoms with van der Waals surface area (Å²) in [6, 6.07) is 10.8. The van der Waals surface area contributed by atoms with Gasteiger partial charge in [0.2, 0.25) is 0 Å². The van der Waals surface area contributed by atoms with Crippen molar-refractivity contribution in [2.45, 2.75) is 52.0 Å². The van der Waals surface area contributed by atoms with E-state index in [2.05, 4.69) is 57.8 Å². The van der Waals surface area contributed by atoms with Gasteiger partial charge >= 0.3 is 0 Å². The molecule has 4 rings (SSSR count). The van der Waals surface area contributed by atoms with Crippen molar-refractivity contribution in [2.75, 3.05) is 37.7 Å². The Bertz CT molecular complexity index is 874. The first-order valence-corrected chi connectivity index (χ1v) is 11.8. The zero-order valence-electron chi connectivity index (χ0n) is 18.7. The van der Waals surface area contributed by atoms with Crippen LogP contribution in [0.4, 0.5) is 5.82 Å². The van der Waals surface area contributed by atoms with Crippen LogP contribution in [0.15, 0.2) is 41.5 Å². The van der Waals surface area contributed by atoms with Crippen LogP contribution in [0.1, 0.15) is 49.3 Å². The SMILES string of the molecule is CCNC(=NCc1ccnc(N2CCCCCC2)c1)NCCc1ccc2c(c1)CCO2. The lowest BCUT2D eigenvalue weighted by Gasteiger charge is -2.21. The van der Waals surface area contributed by atoms with Crippen molar-refractivity contribution in [3.8, 4) is 5.75 Å². The van der Waals surface area contributed by atoms with E-state index in [1.165, 1.54) is 42.4 Å². The number of hydrogen-bond donors (Lipinski definition) is 2. The average Bonchev–Trinajstić information content (AvgIpc) is 3.09. The van der Waals surface area contributed by atoms with Crippen LogP contribution in [0.3, 0.4) is 0 Å². The third kappa shape index (κ3) is 6.12. The molecule has 0 radical (unpaired) electrons. The first kappa shape index (κ1) is 21.5. The molecule has 1 fully saturated rings. The number of nitrogens with one attached hydrogen (secondary N) is 2. The largest absolute Gasteiger partial charge is 0.493 e. The fraction of sp³-hybridized carbons (Fsp3) is 0.520. The molecule has 2 aromatic rings. The summed E-state index contributed by atoms with van der Waals surface area (Å²) in [6.07, 6.45) is 9.08. The number of hydrogen-bond acceptors (Lipinski definition) is 4. The van der Waals surface area contributed by atoms with Crippen LogP contribution in [0.25, 0.3) is 0 Å². The molecule has 0 saturated carbocycles. The van der Waals surface area contributed by atoms with E-state index in [9.17, 15) is 0 Å². The first-order chi connectivity index (χ1) is 15.3. The highest BCUT2D eigenvalue weighted by atomic mass is 16.5. The van der Waals surface area contributed by atoms with Crippen LogP contribution in [0, 0.1) is 0 Å². The van der Waals surface area contributed by atoms with Crippen LogP contribution >= 0.6 is 0 Å². The average molecular weight is 422 g/mol. The summed E-state index contributed by atoms with van der Waals surface area (Å²) in [5.41, 5.74) is 3.87. The summed E-state index contributed by atoms with van der Waals surface area (Å²) >= 11 is 0. The number of aromatic nitrogens is 1. The van der Waals surface area contributed by atoms with E-state index in [1.54, 1.807) is 0 Å². The van der Waals surface area contributed by atoms with Crippen molar-refractivity contribution in [3.05, 3.63) is 53.2 Å². The van der Waals surface area contributed by atoms with Crippen molar-refractivity contribution < 1.29 is 4.74 Å². The number of ether oxygens (including phenoxy) is 1. The third-order valence-corrected chi connectivity index (χ3v) is 5.96. The van der Waals surface area contributed by atoms with Gasteiger partial charge in [-0.2, -0.15) is 0 Å². The number of pyridine rings is 1. The molecule has 0 atom stereocenters. The van der Waals surface area contributed by atoms with Gasteiger partial charge in [-0.25, -0.2) is 9.98 Å². The van der Waals surface area contributed by atoms with Crippen LogP contribution in [-0.4, -0.2) is 43.7 Å². The van der Waals surface area contributed by atoms with Gasteiger partial charge in [0.25, 0.3) is 0 Å². The van der Waals surface area contributed by atoms with Gasteiger partial charge in [-0.1, -0.05) is 25.0 Å². The van der Waals surface area contributed by atoms with Gasteiger partial charge in [0.15, 0.2) is 5.96 Å². The molecule has 3 heterocycles.